The molecule has 8 heteroatoms. The van der Waals surface area contributed by atoms with E-state index in [4.69, 9.17) is 23.2 Å². The zero-order valence-electron chi connectivity index (χ0n) is 10.5. The average Bonchev–Trinajstić information content (AvgIpc) is 2.41. The minimum Gasteiger partial charge on any atom is -0.260 e. The first-order valence-electron chi connectivity index (χ1n) is 5.61. The molecule has 2 rings (SSSR count). The van der Waals surface area contributed by atoms with Crippen LogP contribution in [0.25, 0.3) is 0 Å². The fourth-order valence-corrected chi connectivity index (χ4v) is 2.79. The van der Waals surface area contributed by atoms with Gasteiger partial charge in [0, 0.05) is 12.4 Å². The highest BCUT2D eigenvalue weighted by Crippen LogP contribution is 2.22. The molecule has 2 aromatic heterocycles. The highest BCUT2D eigenvalue weighted by atomic mass is 35.5. The Kier molecular flexibility index (Phi) is 4.59. The van der Waals surface area contributed by atoms with E-state index in [1.165, 1.54) is 6.07 Å². The van der Waals surface area contributed by atoms with Crippen molar-refractivity contribution in [3.8, 4) is 0 Å². The van der Waals surface area contributed by atoms with Gasteiger partial charge in [0.1, 0.15) is 10.0 Å². The minimum absolute atomic E-state index is 0.0412. The smallest absolute Gasteiger partial charge is 0.242 e. The molecule has 0 spiro atoms. The van der Waals surface area contributed by atoms with Crippen molar-refractivity contribution in [2.75, 3.05) is 0 Å². The van der Waals surface area contributed by atoms with Crippen molar-refractivity contribution >= 4 is 33.2 Å². The molecule has 0 radical (unpaired) electrons. The molecule has 106 valence electrons. The molecule has 0 aliphatic rings. The second-order valence-corrected chi connectivity index (χ2v) is 6.57. The SMILES string of the molecule is Cc1cccnc1CNS(=O)(=O)c1cnc(Cl)c(Cl)c1. The summed E-state index contributed by atoms with van der Waals surface area (Å²) in [5.74, 6) is 0. The predicted molar refractivity (Wildman–Crippen MR) is 77.3 cm³/mol. The number of pyridine rings is 2. The van der Waals surface area contributed by atoms with Gasteiger partial charge in [-0.3, -0.25) is 4.98 Å². The Hall–Kier alpha value is -1.21. The van der Waals surface area contributed by atoms with Crippen LogP contribution in [0.15, 0.2) is 35.5 Å². The van der Waals surface area contributed by atoms with Gasteiger partial charge in [0.15, 0.2) is 0 Å². The number of nitrogens with one attached hydrogen (secondary N) is 1. The number of hydrogen-bond acceptors (Lipinski definition) is 4. The van der Waals surface area contributed by atoms with Crippen LogP contribution in [-0.2, 0) is 16.6 Å². The van der Waals surface area contributed by atoms with Gasteiger partial charge < -0.3 is 0 Å². The average molecular weight is 332 g/mol. The van der Waals surface area contributed by atoms with Crippen molar-refractivity contribution in [2.45, 2.75) is 18.4 Å². The van der Waals surface area contributed by atoms with E-state index < -0.39 is 10.0 Å². The lowest BCUT2D eigenvalue weighted by molar-refractivity contribution is 0.580. The van der Waals surface area contributed by atoms with Crippen LogP contribution in [0.4, 0.5) is 0 Å². The van der Waals surface area contributed by atoms with Gasteiger partial charge >= 0.3 is 0 Å². The summed E-state index contributed by atoms with van der Waals surface area (Å²) in [6.45, 7) is 1.95. The molecule has 5 nitrogen and oxygen atoms in total. The van der Waals surface area contributed by atoms with Crippen LogP contribution < -0.4 is 4.72 Å². The topological polar surface area (TPSA) is 72.0 Å². The summed E-state index contributed by atoms with van der Waals surface area (Å²) < 4.78 is 26.6. The molecule has 0 aliphatic carbocycles. The van der Waals surface area contributed by atoms with Gasteiger partial charge in [-0.1, -0.05) is 29.3 Å². The van der Waals surface area contributed by atoms with E-state index in [1.54, 1.807) is 12.3 Å². The van der Waals surface area contributed by atoms with Crippen molar-refractivity contribution in [1.82, 2.24) is 14.7 Å². The van der Waals surface area contributed by atoms with E-state index in [0.717, 1.165) is 11.8 Å². The number of sulfonamides is 1. The Bertz CT molecular complexity index is 735. The Morgan fingerprint density at radius 2 is 2.05 bits per heavy atom. The van der Waals surface area contributed by atoms with Crippen LogP contribution in [0.1, 0.15) is 11.3 Å². The molecule has 0 saturated carbocycles. The molecule has 0 bridgehead atoms. The molecule has 0 fully saturated rings. The summed E-state index contributed by atoms with van der Waals surface area (Å²) >= 11 is 11.4. The normalized spacial score (nSPS) is 11.6. The summed E-state index contributed by atoms with van der Waals surface area (Å²) in [4.78, 5) is 7.79. The predicted octanol–water partition coefficient (Wildman–Crippen LogP) is 2.57. The van der Waals surface area contributed by atoms with E-state index in [9.17, 15) is 8.42 Å². The van der Waals surface area contributed by atoms with E-state index in [0.29, 0.717) is 5.69 Å². The standard InChI is InChI=1S/C12H11Cl2N3O2S/c1-8-3-2-4-15-11(8)7-17-20(18,19)9-5-10(13)12(14)16-6-9/h2-6,17H,7H2,1H3. The van der Waals surface area contributed by atoms with Crippen molar-refractivity contribution < 1.29 is 8.42 Å². The fourth-order valence-electron chi connectivity index (χ4n) is 1.50. The second kappa shape index (κ2) is 6.05. The van der Waals surface area contributed by atoms with Crippen LogP contribution in [0, 0.1) is 6.92 Å². The Morgan fingerprint density at radius 1 is 1.30 bits per heavy atom. The van der Waals surface area contributed by atoms with Gasteiger partial charge in [-0.15, -0.1) is 0 Å². The van der Waals surface area contributed by atoms with Crippen molar-refractivity contribution in [1.29, 1.82) is 0 Å². The Labute approximate surface area is 127 Å². The fraction of sp³-hybridized carbons (Fsp3) is 0.167. The highest BCUT2D eigenvalue weighted by molar-refractivity contribution is 7.89. The molecule has 0 atom stereocenters. The lowest BCUT2D eigenvalue weighted by Gasteiger charge is -2.08. The first kappa shape index (κ1) is 15.2. The third kappa shape index (κ3) is 3.46. The molecule has 2 heterocycles. The van der Waals surface area contributed by atoms with E-state index in [2.05, 4.69) is 14.7 Å². The molecule has 0 amide bonds. The van der Waals surface area contributed by atoms with Crippen LogP contribution in [0.5, 0.6) is 0 Å². The second-order valence-electron chi connectivity index (χ2n) is 4.04. The van der Waals surface area contributed by atoms with Gasteiger partial charge in [-0.25, -0.2) is 18.1 Å². The summed E-state index contributed by atoms with van der Waals surface area (Å²) in [5.41, 5.74) is 1.56. The lowest BCUT2D eigenvalue weighted by atomic mass is 10.2. The number of nitrogens with zero attached hydrogens (tertiary/aromatic N) is 2. The van der Waals surface area contributed by atoms with Crippen LogP contribution in [-0.4, -0.2) is 18.4 Å². The monoisotopic (exact) mass is 331 g/mol. The van der Waals surface area contributed by atoms with Gasteiger partial charge in [0.05, 0.1) is 17.3 Å². The molecule has 20 heavy (non-hydrogen) atoms. The Morgan fingerprint density at radius 3 is 2.70 bits per heavy atom. The molecule has 1 N–H and O–H groups in total. The lowest BCUT2D eigenvalue weighted by Crippen LogP contribution is -2.24. The zero-order valence-corrected chi connectivity index (χ0v) is 12.8. The number of halogens is 2. The van der Waals surface area contributed by atoms with E-state index in [1.807, 2.05) is 13.0 Å². The molecular weight excluding hydrogens is 321 g/mol. The van der Waals surface area contributed by atoms with Crippen LogP contribution >= 0.6 is 23.2 Å². The number of rotatable bonds is 4. The minimum atomic E-state index is -3.71. The van der Waals surface area contributed by atoms with E-state index in [-0.39, 0.29) is 21.6 Å². The van der Waals surface area contributed by atoms with Crippen LogP contribution in [0.3, 0.4) is 0 Å². The third-order valence-electron chi connectivity index (χ3n) is 2.63. The molecule has 0 aromatic carbocycles. The first-order valence-corrected chi connectivity index (χ1v) is 7.85. The molecule has 0 unspecified atom stereocenters. The zero-order chi connectivity index (χ0) is 14.8. The van der Waals surface area contributed by atoms with E-state index >= 15 is 0 Å². The summed E-state index contributed by atoms with van der Waals surface area (Å²) in [5, 5.41) is 0.148. The highest BCUT2D eigenvalue weighted by Gasteiger charge is 2.16. The summed E-state index contributed by atoms with van der Waals surface area (Å²) in [7, 11) is -3.71. The number of aromatic nitrogens is 2. The summed E-state index contributed by atoms with van der Waals surface area (Å²) in [6, 6.07) is 4.90. The number of aryl methyl sites for hydroxylation is 1. The van der Waals surface area contributed by atoms with Crippen molar-refractivity contribution in [3.63, 3.8) is 0 Å². The first-order chi connectivity index (χ1) is 9.40. The largest absolute Gasteiger partial charge is 0.260 e. The summed E-state index contributed by atoms with van der Waals surface area (Å²) in [6.07, 6.45) is 2.76. The van der Waals surface area contributed by atoms with Gasteiger partial charge in [-0.2, -0.15) is 0 Å². The van der Waals surface area contributed by atoms with Gasteiger partial charge in [0.2, 0.25) is 10.0 Å². The molecule has 0 saturated heterocycles. The Balaban J connectivity index is 2.19. The van der Waals surface area contributed by atoms with Crippen LogP contribution in [0.2, 0.25) is 10.2 Å². The van der Waals surface area contributed by atoms with Gasteiger partial charge in [-0.05, 0) is 24.6 Å². The maximum absolute atomic E-state index is 12.1. The quantitative estimate of drug-likeness (QED) is 0.874. The maximum Gasteiger partial charge on any atom is 0.242 e. The maximum atomic E-state index is 12.1. The molecule has 0 aliphatic heterocycles. The van der Waals surface area contributed by atoms with Crippen molar-refractivity contribution in [3.05, 3.63) is 52.0 Å². The number of hydrogen-bond donors (Lipinski definition) is 1. The van der Waals surface area contributed by atoms with Gasteiger partial charge in [0.25, 0.3) is 0 Å². The van der Waals surface area contributed by atoms with Crippen molar-refractivity contribution in [2.24, 2.45) is 0 Å². The molecule has 2 aromatic rings. The third-order valence-corrected chi connectivity index (χ3v) is 4.68. The molecular formula is C12H11Cl2N3O2S.